The molecular weight excluding hydrogens is 266 g/mol. The zero-order valence-electron chi connectivity index (χ0n) is 11.8. The number of amides is 1. The van der Waals surface area contributed by atoms with Crippen LogP contribution in [0.2, 0.25) is 0 Å². The van der Waals surface area contributed by atoms with Gasteiger partial charge in [-0.3, -0.25) is 4.79 Å². The van der Waals surface area contributed by atoms with Crippen molar-refractivity contribution in [1.29, 1.82) is 0 Å². The van der Waals surface area contributed by atoms with Crippen molar-refractivity contribution < 1.29 is 29.6 Å². The average molecular weight is 290 g/mol. The molecule has 0 bridgehead atoms. The van der Waals surface area contributed by atoms with E-state index in [1.165, 1.54) is 6.42 Å². The summed E-state index contributed by atoms with van der Waals surface area (Å²) in [5.41, 5.74) is 5.15. The van der Waals surface area contributed by atoms with Gasteiger partial charge in [-0.1, -0.05) is 6.92 Å². The molecule has 5 N–H and O–H groups in total. The number of aliphatic hydroxyl groups excluding tert-OH is 3. The molecular formula is C13H24NO6. The SMILES string of the molecule is CCOCCC1OC([CH]C(C)C(N)=O)C(O)C(O)C1O. The number of hydrogen-bond donors (Lipinski definition) is 4. The molecule has 0 saturated carbocycles. The van der Waals surface area contributed by atoms with Crippen LogP contribution in [0.3, 0.4) is 0 Å². The number of carbonyl (C=O) groups is 1. The van der Waals surface area contributed by atoms with Crippen LogP contribution in [-0.4, -0.2) is 65.0 Å². The third-order valence-electron chi connectivity index (χ3n) is 3.43. The van der Waals surface area contributed by atoms with E-state index >= 15 is 0 Å². The highest BCUT2D eigenvalue weighted by Crippen LogP contribution is 2.26. The number of aliphatic hydroxyl groups is 3. The van der Waals surface area contributed by atoms with Gasteiger partial charge in [-0.05, 0) is 13.3 Å². The normalized spacial score (nSPS) is 35.8. The number of hydrogen-bond acceptors (Lipinski definition) is 6. The van der Waals surface area contributed by atoms with Crippen LogP contribution < -0.4 is 5.73 Å². The minimum absolute atomic E-state index is 0.374. The van der Waals surface area contributed by atoms with Crippen LogP contribution in [0.4, 0.5) is 0 Å². The third kappa shape index (κ3) is 4.39. The van der Waals surface area contributed by atoms with Gasteiger partial charge in [0.15, 0.2) is 0 Å². The predicted octanol–water partition coefficient (Wildman–Crippen LogP) is -1.41. The molecule has 0 spiro atoms. The zero-order valence-corrected chi connectivity index (χ0v) is 11.8. The van der Waals surface area contributed by atoms with Crippen molar-refractivity contribution in [2.75, 3.05) is 13.2 Å². The molecule has 1 rings (SSSR count). The molecule has 1 fully saturated rings. The molecule has 7 heteroatoms. The first kappa shape index (κ1) is 17.3. The fourth-order valence-corrected chi connectivity index (χ4v) is 2.10. The lowest BCUT2D eigenvalue weighted by molar-refractivity contribution is -0.217. The Morgan fingerprint density at radius 2 is 2.00 bits per heavy atom. The quantitative estimate of drug-likeness (QED) is 0.427. The highest BCUT2D eigenvalue weighted by Gasteiger charge is 2.44. The first-order valence-corrected chi connectivity index (χ1v) is 6.80. The van der Waals surface area contributed by atoms with Gasteiger partial charge in [0.05, 0.1) is 12.2 Å². The Morgan fingerprint density at radius 1 is 1.35 bits per heavy atom. The van der Waals surface area contributed by atoms with E-state index in [0.29, 0.717) is 19.6 Å². The first-order chi connectivity index (χ1) is 9.38. The molecule has 1 aliphatic heterocycles. The third-order valence-corrected chi connectivity index (χ3v) is 3.43. The van der Waals surface area contributed by atoms with Gasteiger partial charge in [-0.25, -0.2) is 0 Å². The van der Waals surface area contributed by atoms with Crippen molar-refractivity contribution in [3.8, 4) is 0 Å². The summed E-state index contributed by atoms with van der Waals surface area (Å²) >= 11 is 0. The number of rotatable bonds is 7. The summed E-state index contributed by atoms with van der Waals surface area (Å²) in [6.07, 6.45) is -3.53. The van der Waals surface area contributed by atoms with E-state index in [-0.39, 0.29) is 0 Å². The van der Waals surface area contributed by atoms with Gasteiger partial charge in [0.1, 0.15) is 18.3 Å². The van der Waals surface area contributed by atoms with E-state index in [1.54, 1.807) is 6.92 Å². The monoisotopic (exact) mass is 290 g/mol. The fourth-order valence-electron chi connectivity index (χ4n) is 2.10. The molecule has 20 heavy (non-hydrogen) atoms. The summed E-state index contributed by atoms with van der Waals surface area (Å²) in [6, 6.07) is 0. The van der Waals surface area contributed by atoms with E-state index < -0.39 is 42.3 Å². The van der Waals surface area contributed by atoms with Gasteiger partial charge in [0.25, 0.3) is 0 Å². The number of primary amides is 1. The summed E-state index contributed by atoms with van der Waals surface area (Å²) in [6.45, 7) is 4.34. The molecule has 0 aromatic heterocycles. The van der Waals surface area contributed by atoms with Crippen molar-refractivity contribution in [3.05, 3.63) is 6.42 Å². The van der Waals surface area contributed by atoms with Gasteiger partial charge in [-0.15, -0.1) is 0 Å². The number of ether oxygens (including phenoxy) is 2. The maximum Gasteiger partial charge on any atom is 0.220 e. The van der Waals surface area contributed by atoms with Gasteiger partial charge >= 0.3 is 0 Å². The standard InChI is InChI=1S/C13H24NO6/c1-3-19-5-4-8-10(15)12(17)11(16)9(20-8)6-7(2)13(14)18/h6-12,15-17H,3-5H2,1-2H3,(H2,14,18). The second-order valence-electron chi connectivity index (χ2n) is 4.98. The van der Waals surface area contributed by atoms with E-state index in [9.17, 15) is 20.1 Å². The predicted molar refractivity (Wildman–Crippen MR) is 70.4 cm³/mol. The summed E-state index contributed by atoms with van der Waals surface area (Å²) in [5.74, 6) is -1.16. The summed E-state index contributed by atoms with van der Waals surface area (Å²) in [7, 11) is 0. The van der Waals surface area contributed by atoms with Crippen LogP contribution in [0.25, 0.3) is 0 Å². The maximum atomic E-state index is 11.0. The van der Waals surface area contributed by atoms with Crippen LogP contribution in [0, 0.1) is 12.3 Å². The Kier molecular flexibility index (Phi) is 6.84. The van der Waals surface area contributed by atoms with Crippen LogP contribution in [0.5, 0.6) is 0 Å². The van der Waals surface area contributed by atoms with Crippen LogP contribution >= 0.6 is 0 Å². The molecule has 1 saturated heterocycles. The van der Waals surface area contributed by atoms with E-state index in [1.807, 2.05) is 6.92 Å². The largest absolute Gasteiger partial charge is 0.388 e. The number of nitrogens with two attached hydrogens (primary N) is 1. The fraction of sp³-hybridized carbons (Fsp3) is 0.846. The van der Waals surface area contributed by atoms with Gasteiger partial charge in [0, 0.05) is 25.6 Å². The molecule has 6 atom stereocenters. The van der Waals surface area contributed by atoms with Crippen molar-refractivity contribution in [2.24, 2.45) is 11.7 Å². The van der Waals surface area contributed by atoms with Crippen molar-refractivity contribution in [1.82, 2.24) is 0 Å². The molecule has 1 aliphatic rings. The molecule has 1 amide bonds. The van der Waals surface area contributed by atoms with Crippen molar-refractivity contribution >= 4 is 5.91 Å². The van der Waals surface area contributed by atoms with E-state index in [2.05, 4.69) is 0 Å². The minimum Gasteiger partial charge on any atom is -0.388 e. The van der Waals surface area contributed by atoms with Crippen LogP contribution in [-0.2, 0) is 14.3 Å². The van der Waals surface area contributed by atoms with Gasteiger partial charge in [-0.2, -0.15) is 0 Å². The Hall–Kier alpha value is -0.730. The van der Waals surface area contributed by atoms with E-state index in [4.69, 9.17) is 15.2 Å². The second-order valence-corrected chi connectivity index (χ2v) is 4.98. The highest BCUT2D eigenvalue weighted by atomic mass is 16.5. The van der Waals surface area contributed by atoms with Gasteiger partial charge in [0.2, 0.25) is 5.91 Å². The van der Waals surface area contributed by atoms with Crippen molar-refractivity contribution in [2.45, 2.75) is 50.8 Å². The Balaban J connectivity index is 2.63. The molecule has 7 nitrogen and oxygen atoms in total. The minimum atomic E-state index is -1.34. The lowest BCUT2D eigenvalue weighted by Gasteiger charge is -2.41. The second kappa shape index (κ2) is 7.90. The lowest BCUT2D eigenvalue weighted by Crippen LogP contribution is -2.58. The molecule has 1 heterocycles. The van der Waals surface area contributed by atoms with E-state index in [0.717, 1.165) is 0 Å². The van der Waals surface area contributed by atoms with Crippen LogP contribution in [0.1, 0.15) is 20.3 Å². The first-order valence-electron chi connectivity index (χ1n) is 6.80. The summed E-state index contributed by atoms with van der Waals surface area (Å²) in [4.78, 5) is 11.0. The topological polar surface area (TPSA) is 122 Å². The Labute approximate surface area is 118 Å². The molecule has 6 unspecified atom stereocenters. The molecule has 117 valence electrons. The van der Waals surface area contributed by atoms with Gasteiger partial charge < -0.3 is 30.5 Å². The molecule has 0 aromatic carbocycles. The van der Waals surface area contributed by atoms with Crippen LogP contribution in [0.15, 0.2) is 0 Å². The zero-order chi connectivity index (χ0) is 15.3. The average Bonchev–Trinajstić information content (AvgIpc) is 2.41. The molecule has 0 aliphatic carbocycles. The summed E-state index contributed by atoms with van der Waals surface area (Å²) in [5, 5.41) is 29.6. The number of carbonyl (C=O) groups excluding carboxylic acids is 1. The highest BCUT2D eigenvalue weighted by molar-refractivity contribution is 5.77. The smallest absolute Gasteiger partial charge is 0.220 e. The lowest BCUT2D eigenvalue weighted by atomic mass is 9.89. The molecule has 1 radical (unpaired) electrons. The Bertz CT molecular complexity index is 313. The van der Waals surface area contributed by atoms with Crippen molar-refractivity contribution in [3.63, 3.8) is 0 Å². The maximum absolute atomic E-state index is 11.0. The molecule has 0 aromatic rings. The summed E-state index contributed by atoms with van der Waals surface area (Å²) < 4.78 is 10.7. The Morgan fingerprint density at radius 3 is 2.55 bits per heavy atom.